The number of amides is 2. The Morgan fingerprint density at radius 3 is 2.91 bits per heavy atom. The maximum absolute atomic E-state index is 12.5. The molecule has 5 heteroatoms. The molecule has 2 saturated carbocycles. The van der Waals surface area contributed by atoms with E-state index in [2.05, 4.69) is 10.3 Å². The topological polar surface area (TPSA) is 54.5 Å². The zero-order chi connectivity index (χ0) is 14.9. The second kappa shape index (κ2) is 5.78. The molecule has 2 amide bonds. The summed E-state index contributed by atoms with van der Waals surface area (Å²) in [5.74, 6) is 1.27. The molecule has 3 unspecified atom stereocenters. The van der Waals surface area contributed by atoms with Crippen LogP contribution in [0.4, 0.5) is 4.79 Å². The number of hydrogen-bond donors (Lipinski definition) is 1. The number of carbonyl (C=O) groups is 1. The van der Waals surface area contributed by atoms with Gasteiger partial charge in [0.05, 0.1) is 12.2 Å². The zero-order valence-electron chi connectivity index (χ0n) is 12.8. The average Bonchev–Trinajstić information content (AvgIpc) is 3.26. The molecule has 3 fully saturated rings. The Morgan fingerprint density at radius 1 is 1.27 bits per heavy atom. The van der Waals surface area contributed by atoms with Crippen LogP contribution in [0, 0.1) is 5.92 Å². The summed E-state index contributed by atoms with van der Waals surface area (Å²) in [5, 5.41) is 3.21. The van der Waals surface area contributed by atoms with E-state index in [4.69, 9.17) is 4.74 Å². The predicted molar refractivity (Wildman–Crippen MR) is 82.7 cm³/mol. The van der Waals surface area contributed by atoms with Gasteiger partial charge in [0.25, 0.3) is 0 Å². The number of likely N-dealkylation sites (tertiary alicyclic amines) is 1. The summed E-state index contributed by atoms with van der Waals surface area (Å²) >= 11 is 0. The van der Waals surface area contributed by atoms with E-state index in [1.54, 1.807) is 12.4 Å². The normalized spacial score (nSPS) is 30.7. The summed E-state index contributed by atoms with van der Waals surface area (Å²) in [6.45, 7) is 0.828. The van der Waals surface area contributed by atoms with E-state index in [-0.39, 0.29) is 18.2 Å². The van der Waals surface area contributed by atoms with Gasteiger partial charge in [0.2, 0.25) is 0 Å². The van der Waals surface area contributed by atoms with Gasteiger partial charge in [0.1, 0.15) is 11.9 Å². The predicted octanol–water partition coefficient (Wildman–Crippen LogP) is 2.58. The van der Waals surface area contributed by atoms with E-state index in [1.165, 1.54) is 12.8 Å². The SMILES string of the molecule is O=C(NC1CCCC1)N1CC2CCC1C2Oc1cccnc1. The highest BCUT2D eigenvalue weighted by Crippen LogP contribution is 2.40. The fourth-order valence-corrected chi connectivity index (χ4v) is 4.25. The number of ether oxygens (including phenoxy) is 1. The highest BCUT2D eigenvalue weighted by molar-refractivity contribution is 5.75. The highest BCUT2D eigenvalue weighted by atomic mass is 16.5. The molecule has 0 aromatic carbocycles. The number of carbonyl (C=O) groups excluding carboxylic acids is 1. The molecule has 0 spiro atoms. The lowest BCUT2D eigenvalue weighted by atomic mass is 10.1. The van der Waals surface area contributed by atoms with Crippen molar-refractivity contribution in [3.8, 4) is 5.75 Å². The maximum atomic E-state index is 12.5. The highest BCUT2D eigenvalue weighted by Gasteiger charge is 2.50. The summed E-state index contributed by atoms with van der Waals surface area (Å²) in [6.07, 6.45) is 10.6. The number of nitrogens with zero attached hydrogens (tertiary/aromatic N) is 2. The van der Waals surface area contributed by atoms with Crippen molar-refractivity contribution in [3.05, 3.63) is 24.5 Å². The van der Waals surface area contributed by atoms with Crippen LogP contribution >= 0.6 is 0 Å². The van der Waals surface area contributed by atoms with Crippen molar-refractivity contribution in [2.24, 2.45) is 5.92 Å². The quantitative estimate of drug-likeness (QED) is 0.933. The Balaban J connectivity index is 1.41. The van der Waals surface area contributed by atoms with Gasteiger partial charge in [0.15, 0.2) is 0 Å². The summed E-state index contributed by atoms with van der Waals surface area (Å²) < 4.78 is 6.13. The molecule has 118 valence electrons. The number of nitrogens with one attached hydrogen (secondary N) is 1. The first-order valence-electron chi connectivity index (χ1n) is 8.45. The minimum atomic E-state index is 0.110. The Hall–Kier alpha value is -1.78. The number of piperidine rings is 1. The first-order valence-corrected chi connectivity index (χ1v) is 8.45. The lowest BCUT2D eigenvalue weighted by Crippen LogP contribution is -2.48. The van der Waals surface area contributed by atoms with Gasteiger partial charge in [-0.05, 0) is 37.8 Å². The van der Waals surface area contributed by atoms with Gasteiger partial charge in [-0.2, -0.15) is 0 Å². The molecule has 4 rings (SSSR count). The molecule has 3 atom stereocenters. The van der Waals surface area contributed by atoms with Crippen molar-refractivity contribution < 1.29 is 9.53 Å². The second-order valence-electron chi connectivity index (χ2n) is 6.76. The maximum Gasteiger partial charge on any atom is 0.318 e. The van der Waals surface area contributed by atoms with E-state index in [0.717, 1.165) is 38.0 Å². The number of aromatic nitrogens is 1. The number of fused-ring (bicyclic) bond motifs is 2. The van der Waals surface area contributed by atoms with Crippen LogP contribution in [-0.4, -0.2) is 40.6 Å². The Kier molecular flexibility index (Phi) is 3.64. The molecule has 1 aromatic rings. The number of hydrogen-bond acceptors (Lipinski definition) is 3. The molecule has 2 heterocycles. The standard InChI is InChI=1S/C17H23N3O2/c21-17(19-13-4-1-2-5-13)20-11-12-7-8-15(20)16(12)22-14-6-3-9-18-10-14/h3,6,9-10,12-13,15-16H,1-2,4-5,7-8,11H2,(H,19,21). The van der Waals surface area contributed by atoms with E-state index < -0.39 is 0 Å². The molecule has 1 aromatic heterocycles. The van der Waals surface area contributed by atoms with E-state index in [0.29, 0.717) is 12.0 Å². The monoisotopic (exact) mass is 301 g/mol. The Morgan fingerprint density at radius 2 is 2.14 bits per heavy atom. The van der Waals surface area contributed by atoms with Crippen LogP contribution in [-0.2, 0) is 0 Å². The third-order valence-electron chi connectivity index (χ3n) is 5.36. The number of urea groups is 1. The first-order chi connectivity index (χ1) is 10.8. The van der Waals surface area contributed by atoms with Gasteiger partial charge in [0, 0.05) is 24.7 Å². The molecular weight excluding hydrogens is 278 g/mol. The van der Waals surface area contributed by atoms with Crippen molar-refractivity contribution in [2.45, 2.75) is 56.7 Å². The smallest absolute Gasteiger partial charge is 0.318 e. The lowest BCUT2D eigenvalue weighted by molar-refractivity contribution is 0.145. The second-order valence-corrected chi connectivity index (χ2v) is 6.76. The molecule has 3 aliphatic rings. The molecule has 1 aliphatic heterocycles. The van der Waals surface area contributed by atoms with Gasteiger partial charge in [-0.3, -0.25) is 4.98 Å². The van der Waals surface area contributed by atoms with Gasteiger partial charge < -0.3 is 15.0 Å². The third-order valence-corrected chi connectivity index (χ3v) is 5.36. The summed E-state index contributed by atoms with van der Waals surface area (Å²) in [4.78, 5) is 18.6. The minimum Gasteiger partial charge on any atom is -0.486 e. The van der Waals surface area contributed by atoms with Crippen molar-refractivity contribution in [3.63, 3.8) is 0 Å². The molecule has 2 aliphatic carbocycles. The summed E-state index contributed by atoms with van der Waals surface area (Å²) in [5.41, 5.74) is 0. The van der Waals surface area contributed by atoms with Crippen LogP contribution in [0.5, 0.6) is 5.75 Å². The molecular formula is C17H23N3O2. The van der Waals surface area contributed by atoms with Gasteiger partial charge in [-0.25, -0.2) is 4.79 Å². The van der Waals surface area contributed by atoms with Crippen molar-refractivity contribution in [1.29, 1.82) is 0 Å². The number of rotatable bonds is 3. The minimum absolute atomic E-state index is 0.110. The lowest BCUT2D eigenvalue weighted by Gasteiger charge is -2.28. The summed E-state index contributed by atoms with van der Waals surface area (Å²) in [6, 6.07) is 4.53. The third kappa shape index (κ3) is 2.53. The van der Waals surface area contributed by atoms with Gasteiger partial charge in [-0.15, -0.1) is 0 Å². The fourth-order valence-electron chi connectivity index (χ4n) is 4.25. The largest absolute Gasteiger partial charge is 0.486 e. The molecule has 1 N–H and O–H groups in total. The van der Waals surface area contributed by atoms with Crippen molar-refractivity contribution in [2.75, 3.05) is 6.54 Å². The first kappa shape index (κ1) is 13.9. The van der Waals surface area contributed by atoms with Crippen molar-refractivity contribution in [1.82, 2.24) is 15.2 Å². The van der Waals surface area contributed by atoms with Crippen LogP contribution in [0.3, 0.4) is 0 Å². The Labute approximate surface area is 131 Å². The van der Waals surface area contributed by atoms with Crippen LogP contribution in [0.15, 0.2) is 24.5 Å². The fraction of sp³-hybridized carbons (Fsp3) is 0.647. The molecule has 0 radical (unpaired) electrons. The molecule has 5 nitrogen and oxygen atoms in total. The van der Waals surface area contributed by atoms with Crippen LogP contribution in [0.1, 0.15) is 38.5 Å². The van der Waals surface area contributed by atoms with Gasteiger partial charge in [-0.1, -0.05) is 12.8 Å². The van der Waals surface area contributed by atoms with E-state index in [9.17, 15) is 4.79 Å². The number of pyridine rings is 1. The van der Waals surface area contributed by atoms with Crippen LogP contribution in [0.25, 0.3) is 0 Å². The summed E-state index contributed by atoms with van der Waals surface area (Å²) in [7, 11) is 0. The van der Waals surface area contributed by atoms with Crippen molar-refractivity contribution >= 4 is 6.03 Å². The van der Waals surface area contributed by atoms with E-state index >= 15 is 0 Å². The Bertz CT molecular complexity index is 530. The zero-order valence-corrected chi connectivity index (χ0v) is 12.8. The van der Waals surface area contributed by atoms with E-state index in [1.807, 2.05) is 17.0 Å². The molecule has 22 heavy (non-hydrogen) atoms. The van der Waals surface area contributed by atoms with Crippen LogP contribution in [0.2, 0.25) is 0 Å². The molecule has 1 saturated heterocycles. The van der Waals surface area contributed by atoms with Gasteiger partial charge >= 0.3 is 6.03 Å². The van der Waals surface area contributed by atoms with Crippen LogP contribution < -0.4 is 10.1 Å². The average molecular weight is 301 g/mol. The molecule has 2 bridgehead atoms.